The number of nitrogens with two attached hydrogens (primary N) is 1. The van der Waals surface area contributed by atoms with E-state index in [1.807, 2.05) is 5.43 Å². The van der Waals surface area contributed by atoms with Gasteiger partial charge in [0.15, 0.2) is 0 Å². The third-order valence-corrected chi connectivity index (χ3v) is 0.585. The van der Waals surface area contributed by atoms with E-state index in [0.29, 0.717) is 5.92 Å². The zero-order valence-corrected chi connectivity index (χ0v) is 4.49. The van der Waals surface area contributed by atoms with Crippen molar-refractivity contribution in [3.05, 3.63) is 5.92 Å². The Morgan fingerprint density at radius 3 is 2.00 bits per heavy atom. The minimum Gasteiger partial charge on any atom is -0.294 e. The second-order valence-electron chi connectivity index (χ2n) is 1.47. The third kappa shape index (κ3) is 2.17. The fourth-order valence-corrected chi connectivity index (χ4v) is 0.144. The van der Waals surface area contributed by atoms with Crippen molar-refractivity contribution >= 4 is 5.91 Å². The highest BCUT2D eigenvalue weighted by molar-refractivity contribution is 5.88. The molecule has 3 N–H and O–H groups in total. The Balaban J connectivity index is 3.35. The lowest BCUT2D eigenvalue weighted by Gasteiger charge is -1.97. The molecule has 0 aromatic carbocycles. The highest BCUT2D eigenvalue weighted by atomic mass is 16.2. The Morgan fingerprint density at radius 1 is 1.57 bits per heavy atom. The lowest BCUT2D eigenvalue weighted by Crippen LogP contribution is -2.32. The summed E-state index contributed by atoms with van der Waals surface area (Å²) in [4.78, 5) is 10.2. The van der Waals surface area contributed by atoms with Gasteiger partial charge in [-0.3, -0.25) is 10.2 Å². The number of hydrazine groups is 1. The fourth-order valence-electron chi connectivity index (χ4n) is 0.144. The molecule has 0 saturated carbocycles. The Bertz CT molecular complexity index is 70.1. The first-order valence-corrected chi connectivity index (χ1v) is 1.99. The molecule has 0 aromatic heterocycles. The van der Waals surface area contributed by atoms with Crippen LogP contribution in [0.2, 0.25) is 0 Å². The van der Waals surface area contributed by atoms with Crippen LogP contribution in [0, 0.1) is 5.92 Å². The molecular weight excluding hydrogens is 92.1 g/mol. The van der Waals surface area contributed by atoms with E-state index in [2.05, 4.69) is 0 Å². The van der Waals surface area contributed by atoms with Crippen LogP contribution in [0.1, 0.15) is 13.8 Å². The number of amides is 1. The van der Waals surface area contributed by atoms with E-state index >= 15 is 0 Å². The van der Waals surface area contributed by atoms with Crippen LogP contribution in [0.5, 0.6) is 0 Å². The SMILES string of the molecule is C[C](C)C(=O)NN. The first kappa shape index (κ1) is 6.43. The molecule has 0 atom stereocenters. The summed E-state index contributed by atoms with van der Waals surface area (Å²) in [7, 11) is 0. The summed E-state index contributed by atoms with van der Waals surface area (Å²) in [6.45, 7) is 3.39. The zero-order chi connectivity index (χ0) is 5.86. The van der Waals surface area contributed by atoms with Crippen molar-refractivity contribution in [1.29, 1.82) is 0 Å². The van der Waals surface area contributed by atoms with Gasteiger partial charge in [-0.15, -0.1) is 0 Å². The summed E-state index contributed by atoms with van der Waals surface area (Å²) in [6.07, 6.45) is 0. The molecule has 1 amide bonds. The van der Waals surface area contributed by atoms with E-state index in [9.17, 15) is 4.79 Å². The van der Waals surface area contributed by atoms with Gasteiger partial charge in [0.25, 0.3) is 0 Å². The van der Waals surface area contributed by atoms with Crippen LogP contribution in [0.4, 0.5) is 0 Å². The van der Waals surface area contributed by atoms with Gasteiger partial charge in [0.05, 0.1) is 5.92 Å². The Kier molecular flexibility index (Phi) is 2.37. The van der Waals surface area contributed by atoms with Gasteiger partial charge in [0.1, 0.15) is 0 Å². The predicted octanol–water partition coefficient (Wildman–Crippen LogP) is -0.409. The molecule has 0 saturated heterocycles. The molecule has 0 aliphatic heterocycles. The van der Waals surface area contributed by atoms with Gasteiger partial charge in [0.2, 0.25) is 5.91 Å². The second-order valence-corrected chi connectivity index (χ2v) is 1.47. The van der Waals surface area contributed by atoms with Crippen molar-refractivity contribution in [2.24, 2.45) is 5.84 Å². The largest absolute Gasteiger partial charge is 0.294 e. The number of hydrogen-bond donors (Lipinski definition) is 2. The molecule has 7 heavy (non-hydrogen) atoms. The maximum Gasteiger partial charge on any atom is 0.240 e. The summed E-state index contributed by atoms with van der Waals surface area (Å²) in [5.74, 6) is 5.21. The molecule has 0 bridgehead atoms. The quantitative estimate of drug-likeness (QED) is 0.268. The smallest absolute Gasteiger partial charge is 0.240 e. The lowest BCUT2D eigenvalue weighted by atomic mass is 10.2. The predicted molar refractivity (Wildman–Crippen MR) is 26.9 cm³/mol. The van der Waals surface area contributed by atoms with E-state index in [1.54, 1.807) is 13.8 Å². The van der Waals surface area contributed by atoms with Gasteiger partial charge in [-0.1, -0.05) is 0 Å². The van der Waals surface area contributed by atoms with Crippen LogP contribution in [-0.4, -0.2) is 5.91 Å². The van der Waals surface area contributed by atoms with Crippen molar-refractivity contribution in [3.63, 3.8) is 0 Å². The number of nitrogens with one attached hydrogen (secondary N) is 1. The summed E-state index contributed by atoms with van der Waals surface area (Å²) >= 11 is 0. The summed E-state index contributed by atoms with van der Waals surface area (Å²) in [5.41, 5.74) is 1.99. The Hall–Kier alpha value is -0.570. The minimum atomic E-state index is -0.208. The number of rotatable bonds is 1. The minimum absolute atomic E-state index is 0.208. The van der Waals surface area contributed by atoms with E-state index in [-0.39, 0.29) is 5.91 Å². The second kappa shape index (κ2) is 2.58. The molecule has 3 heteroatoms. The van der Waals surface area contributed by atoms with Gasteiger partial charge in [-0.2, -0.15) is 0 Å². The van der Waals surface area contributed by atoms with Gasteiger partial charge in [-0.25, -0.2) is 5.84 Å². The molecule has 0 aliphatic rings. The molecule has 0 unspecified atom stereocenters. The molecule has 0 aromatic rings. The van der Waals surface area contributed by atoms with Crippen LogP contribution >= 0.6 is 0 Å². The third-order valence-electron chi connectivity index (χ3n) is 0.585. The maximum atomic E-state index is 10.2. The number of hydrogen-bond acceptors (Lipinski definition) is 2. The molecule has 0 aliphatic carbocycles. The van der Waals surface area contributed by atoms with Crippen LogP contribution in [0.25, 0.3) is 0 Å². The van der Waals surface area contributed by atoms with Crippen LogP contribution in [0.3, 0.4) is 0 Å². The van der Waals surface area contributed by atoms with E-state index in [4.69, 9.17) is 5.84 Å². The number of carbonyl (C=O) groups is 1. The summed E-state index contributed by atoms with van der Waals surface area (Å²) in [5, 5.41) is 0. The van der Waals surface area contributed by atoms with Crippen molar-refractivity contribution < 1.29 is 4.79 Å². The monoisotopic (exact) mass is 101 g/mol. The van der Waals surface area contributed by atoms with Crippen molar-refractivity contribution in [2.75, 3.05) is 0 Å². The standard InChI is InChI=1S/C4H9N2O/c1-3(2)4(7)6-5/h5H2,1-2H3,(H,6,7). The average Bonchev–Trinajstić information content (AvgIpc) is 1.65. The topological polar surface area (TPSA) is 55.1 Å². The average molecular weight is 101 g/mol. The van der Waals surface area contributed by atoms with Crippen LogP contribution in [-0.2, 0) is 4.79 Å². The van der Waals surface area contributed by atoms with Crippen LogP contribution in [0.15, 0.2) is 0 Å². The zero-order valence-electron chi connectivity index (χ0n) is 4.49. The first-order chi connectivity index (χ1) is 3.18. The van der Waals surface area contributed by atoms with Gasteiger partial charge in [0, 0.05) is 0 Å². The summed E-state index contributed by atoms with van der Waals surface area (Å²) in [6, 6.07) is 0. The Labute approximate surface area is 42.9 Å². The molecule has 41 valence electrons. The van der Waals surface area contributed by atoms with Crippen molar-refractivity contribution in [2.45, 2.75) is 13.8 Å². The Morgan fingerprint density at radius 2 is 2.00 bits per heavy atom. The highest BCUT2D eigenvalue weighted by Gasteiger charge is 2.01. The van der Waals surface area contributed by atoms with E-state index < -0.39 is 0 Å². The van der Waals surface area contributed by atoms with Gasteiger partial charge in [-0.05, 0) is 13.8 Å². The maximum absolute atomic E-state index is 10.2. The molecule has 1 radical (unpaired) electrons. The lowest BCUT2D eigenvalue weighted by molar-refractivity contribution is -0.119. The first-order valence-electron chi connectivity index (χ1n) is 1.99. The van der Waals surface area contributed by atoms with Gasteiger partial charge < -0.3 is 0 Å². The van der Waals surface area contributed by atoms with Gasteiger partial charge >= 0.3 is 0 Å². The molecule has 0 fully saturated rings. The molecular formula is C4H9N2O. The molecule has 3 nitrogen and oxygen atoms in total. The molecule has 0 rings (SSSR count). The number of carbonyl (C=O) groups excluding carboxylic acids is 1. The normalized spacial score (nSPS) is 9.14. The molecule has 0 heterocycles. The molecule has 0 spiro atoms. The summed E-state index contributed by atoms with van der Waals surface area (Å²) < 4.78 is 0. The van der Waals surface area contributed by atoms with E-state index in [1.165, 1.54) is 0 Å². The fraction of sp³-hybridized carbons (Fsp3) is 0.500. The van der Waals surface area contributed by atoms with Crippen LogP contribution < -0.4 is 11.3 Å². The van der Waals surface area contributed by atoms with E-state index in [0.717, 1.165) is 0 Å². The van der Waals surface area contributed by atoms with Crippen molar-refractivity contribution in [1.82, 2.24) is 5.43 Å². The highest BCUT2D eigenvalue weighted by Crippen LogP contribution is 1.90. The van der Waals surface area contributed by atoms with Crippen molar-refractivity contribution in [3.8, 4) is 0 Å².